The van der Waals surface area contributed by atoms with Gasteiger partial charge in [-0.2, -0.15) is 0 Å². The highest BCUT2D eigenvalue weighted by molar-refractivity contribution is 6.31. The first-order valence-corrected chi connectivity index (χ1v) is 9.53. The summed E-state index contributed by atoms with van der Waals surface area (Å²) in [6.07, 6.45) is 0.229. The molecule has 0 aliphatic carbocycles. The van der Waals surface area contributed by atoms with Crippen LogP contribution in [0.3, 0.4) is 0 Å². The van der Waals surface area contributed by atoms with Crippen LogP contribution in [0.4, 0.5) is 0 Å². The van der Waals surface area contributed by atoms with Gasteiger partial charge in [-0.1, -0.05) is 60.1 Å². The molecule has 5 heteroatoms. The Labute approximate surface area is 167 Å². The van der Waals surface area contributed by atoms with Gasteiger partial charge in [-0.3, -0.25) is 4.79 Å². The van der Waals surface area contributed by atoms with Crippen molar-refractivity contribution in [2.45, 2.75) is 24.4 Å². The average molecular weight is 389 g/mol. The third kappa shape index (κ3) is 4.70. The zero-order chi connectivity index (χ0) is 20.0. The zero-order valence-corrected chi connectivity index (χ0v) is 17.3. The molecule has 1 amide bonds. The summed E-state index contributed by atoms with van der Waals surface area (Å²) < 4.78 is 0. The monoisotopic (exact) mass is 388 g/mol. The normalized spacial score (nSPS) is 14.6. The molecule has 0 heterocycles. The second-order valence-corrected chi connectivity index (χ2v) is 7.78. The van der Waals surface area contributed by atoms with Crippen molar-refractivity contribution in [1.29, 1.82) is 0 Å². The van der Waals surface area contributed by atoms with Crippen molar-refractivity contribution in [2.75, 3.05) is 34.7 Å². The summed E-state index contributed by atoms with van der Waals surface area (Å²) in [6.45, 7) is 0.824. The Morgan fingerprint density at radius 2 is 1.63 bits per heavy atom. The molecular formula is C22H29ClN2O2. The summed E-state index contributed by atoms with van der Waals surface area (Å²) in [4.78, 5) is 17.1. The van der Waals surface area contributed by atoms with E-state index in [-0.39, 0.29) is 5.91 Å². The number of aliphatic hydroxyl groups is 1. The minimum atomic E-state index is -1.11. The zero-order valence-electron chi connectivity index (χ0n) is 16.5. The Kier molecular flexibility index (Phi) is 7.42. The van der Waals surface area contributed by atoms with E-state index in [4.69, 9.17) is 11.6 Å². The second kappa shape index (κ2) is 9.36. The van der Waals surface area contributed by atoms with Crippen molar-refractivity contribution in [3.63, 3.8) is 0 Å². The van der Waals surface area contributed by atoms with Crippen molar-refractivity contribution in [2.24, 2.45) is 0 Å². The molecule has 0 radical (unpaired) electrons. The third-order valence-electron chi connectivity index (χ3n) is 4.92. The number of carbonyl (C=O) groups excluding carboxylic acids is 1. The quantitative estimate of drug-likeness (QED) is 0.749. The van der Waals surface area contributed by atoms with Crippen LogP contribution in [0.2, 0.25) is 5.02 Å². The molecule has 0 aromatic heterocycles. The van der Waals surface area contributed by atoms with Crippen LogP contribution in [0, 0.1) is 0 Å². The highest BCUT2D eigenvalue weighted by Crippen LogP contribution is 2.44. The predicted octanol–water partition coefficient (Wildman–Crippen LogP) is 3.74. The number of carbonyl (C=O) groups is 1. The van der Waals surface area contributed by atoms with E-state index in [0.29, 0.717) is 17.0 Å². The largest absolute Gasteiger partial charge is 0.387 e. The van der Waals surface area contributed by atoms with Crippen LogP contribution in [0.5, 0.6) is 0 Å². The van der Waals surface area contributed by atoms with Crippen molar-refractivity contribution in [1.82, 2.24) is 9.80 Å². The highest BCUT2D eigenvalue weighted by atomic mass is 35.5. The van der Waals surface area contributed by atoms with E-state index >= 15 is 0 Å². The van der Waals surface area contributed by atoms with E-state index in [2.05, 4.69) is 4.90 Å². The molecule has 2 aromatic rings. The molecule has 27 heavy (non-hydrogen) atoms. The lowest BCUT2D eigenvalue weighted by molar-refractivity contribution is -0.140. The molecule has 0 saturated heterocycles. The molecule has 0 aliphatic heterocycles. The van der Waals surface area contributed by atoms with E-state index in [1.165, 1.54) is 0 Å². The molecule has 0 saturated carbocycles. The smallest absolute Gasteiger partial charge is 0.235 e. The number of nitrogens with zero attached hydrogens (tertiary/aromatic N) is 2. The summed E-state index contributed by atoms with van der Waals surface area (Å²) in [5.74, 6) is -0.125. The summed E-state index contributed by atoms with van der Waals surface area (Å²) in [6, 6.07) is 16.7. The molecule has 0 aliphatic rings. The summed E-state index contributed by atoms with van der Waals surface area (Å²) in [5, 5.41) is 12.0. The average Bonchev–Trinajstić information content (AvgIpc) is 2.65. The van der Waals surface area contributed by atoms with E-state index in [9.17, 15) is 9.90 Å². The highest BCUT2D eigenvalue weighted by Gasteiger charge is 2.48. The van der Waals surface area contributed by atoms with Gasteiger partial charge in [0.25, 0.3) is 0 Å². The number of hydrogen-bond acceptors (Lipinski definition) is 3. The number of halogens is 1. The second-order valence-electron chi connectivity index (χ2n) is 7.37. The first kappa shape index (κ1) is 21.4. The number of amides is 1. The minimum Gasteiger partial charge on any atom is -0.387 e. The van der Waals surface area contributed by atoms with E-state index in [1.54, 1.807) is 31.1 Å². The maximum Gasteiger partial charge on any atom is 0.235 e. The standard InChI is InChI=1S/C22H29ClN2O2/c1-24(2)16-10-15-22(21(27)25(3)4,17-11-6-5-7-12-17)20(26)18-13-8-9-14-19(18)23/h5-9,11-14,20,26H,10,15-16H2,1-4H3. The Hall–Kier alpha value is -1.88. The topological polar surface area (TPSA) is 43.8 Å². The number of rotatable bonds is 8. The van der Waals surface area contributed by atoms with Crippen LogP contribution in [0.15, 0.2) is 54.6 Å². The predicted molar refractivity (Wildman–Crippen MR) is 111 cm³/mol. The Morgan fingerprint density at radius 3 is 2.19 bits per heavy atom. The van der Waals surface area contributed by atoms with Crippen LogP contribution < -0.4 is 0 Å². The molecule has 2 unspecified atom stereocenters. The third-order valence-corrected chi connectivity index (χ3v) is 5.26. The molecule has 0 fully saturated rings. The Balaban J connectivity index is 2.62. The van der Waals surface area contributed by atoms with Gasteiger partial charge in [0.2, 0.25) is 5.91 Å². The summed E-state index contributed by atoms with van der Waals surface area (Å²) in [5.41, 5.74) is 0.268. The number of likely N-dealkylation sites (N-methyl/N-ethyl adjacent to an activating group) is 1. The summed E-state index contributed by atoms with van der Waals surface area (Å²) >= 11 is 6.39. The maximum absolute atomic E-state index is 13.5. The van der Waals surface area contributed by atoms with Crippen LogP contribution >= 0.6 is 11.6 Å². The van der Waals surface area contributed by atoms with Crippen molar-refractivity contribution >= 4 is 17.5 Å². The molecule has 4 nitrogen and oxygen atoms in total. The van der Waals surface area contributed by atoms with Gasteiger partial charge in [-0.05, 0) is 45.1 Å². The van der Waals surface area contributed by atoms with Gasteiger partial charge < -0.3 is 14.9 Å². The van der Waals surface area contributed by atoms with Gasteiger partial charge >= 0.3 is 0 Å². The fourth-order valence-corrected chi connectivity index (χ4v) is 3.80. The van der Waals surface area contributed by atoms with Crippen LogP contribution in [-0.2, 0) is 10.2 Å². The molecular weight excluding hydrogens is 360 g/mol. The van der Waals surface area contributed by atoms with Gasteiger partial charge in [0, 0.05) is 24.7 Å². The van der Waals surface area contributed by atoms with E-state index in [1.807, 2.05) is 56.6 Å². The van der Waals surface area contributed by atoms with Gasteiger partial charge in [0.1, 0.15) is 5.41 Å². The Morgan fingerprint density at radius 1 is 1.04 bits per heavy atom. The van der Waals surface area contributed by atoms with Crippen molar-refractivity contribution < 1.29 is 9.90 Å². The lowest BCUT2D eigenvalue weighted by Crippen LogP contribution is -2.48. The number of hydrogen-bond donors (Lipinski definition) is 1. The molecule has 2 aromatic carbocycles. The first-order valence-electron chi connectivity index (χ1n) is 9.15. The lowest BCUT2D eigenvalue weighted by Gasteiger charge is -2.40. The lowest BCUT2D eigenvalue weighted by atomic mass is 9.69. The molecule has 2 atom stereocenters. The van der Waals surface area contributed by atoms with Gasteiger partial charge in [0.15, 0.2) is 0 Å². The Bertz CT molecular complexity index is 749. The first-order chi connectivity index (χ1) is 12.8. The molecule has 0 bridgehead atoms. The molecule has 2 rings (SSSR count). The van der Waals surface area contributed by atoms with E-state index in [0.717, 1.165) is 18.5 Å². The number of aliphatic hydroxyl groups excluding tert-OH is 1. The molecule has 1 N–H and O–H groups in total. The van der Waals surface area contributed by atoms with Crippen LogP contribution in [0.1, 0.15) is 30.1 Å². The minimum absolute atomic E-state index is 0.125. The molecule has 146 valence electrons. The SMILES string of the molecule is CN(C)CCCC(C(=O)N(C)C)(c1ccccc1)C(O)c1ccccc1Cl. The van der Waals surface area contributed by atoms with Crippen LogP contribution in [-0.4, -0.2) is 55.5 Å². The maximum atomic E-state index is 13.5. The van der Waals surface area contributed by atoms with E-state index < -0.39 is 11.5 Å². The van der Waals surface area contributed by atoms with Gasteiger partial charge in [0.05, 0.1) is 6.10 Å². The van der Waals surface area contributed by atoms with Crippen molar-refractivity contribution in [3.05, 3.63) is 70.7 Å². The van der Waals surface area contributed by atoms with Gasteiger partial charge in [-0.25, -0.2) is 0 Å². The van der Waals surface area contributed by atoms with Crippen molar-refractivity contribution in [3.8, 4) is 0 Å². The summed E-state index contributed by atoms with van der Waals surface area (Å²) in [7, 11) is 7.46. The molecule has 0 spiro atoms. The van der Waals surface area contributed by atoms with Gasteiger partial charge in [-0.15, -0.1) is 0 Å². The fourth-order valence-electron chi connectivity index (χ4n) is 3.56. The fraction of sp³-hybridized carbons (Fsp3) is 0.409. The number of benzene rings is 2. The van der Waals surface area contributed by atoms with Crippen LogP contribution in [0.25, 0.3) is 0 Å².